The van der Waals surface area contributed by atoms with Crippen LogP contribution in [0.5, 0.6) is 5.75 Å². The minimum absolute atomic E-state index is 0.159. The quantitative estimate of drug-likeness (QED) is 0.137. The molecule has 0 radical (unpaired) electrons. The SMILES string of the molecule is CCOC(=O)[13CH](NC(=O)c1ccc([N+](=O)[O-])c(OCC(F)(F)C(F)(F)F)c1)C(=O)OCC. The van der Waals surface area contributed by atoms with Crippen molar-refractivity contribution in [3.8, 4) is 5.75 Å². The van der Waals surface area contributed by atoms with E-state index >= 15 is 0 Å². The van der Waals surface area contributed by atoms with Crippen LogP contribution in [0.2, 0.25) is 0 Å². The van der Waals surface area contributed by atoms with E-state index in [0.29, 0.717) is 12.1 Å². The third kappa shape index (κ3) is 6.75. The Balaban J connectivity index is 3.19. The fourth-order valence-electron chi connectivity index (χ4n) is 2.05. The Kier molecular flexibility index (Phi) is 8.85. The Morgan fingerprint density at radius 1 is 1.06 bits per heavy atom. The van der Waals surface area contributed by atoms with Gasteiger partial charge in [0.25, 0.3) is 5.91 Å². The molecule has 0 atom stereocenters. The zero-order chi connectivity index (χ0) is 24.7. The van der Waals surface area contributed by atoms with Gasteiger partial charge >= 0.3 is 29.7 Å². The summed E-state index contributed by atoms with van der Waals surface area (Å²) < 4.78 is 76.7. The van der Waals surface area contributed by atoms with E-state index in [4.69, 9.17) is 0 Å². The molecule has 32 heavy (non-hydrogen) atoms. The zero-order valence-corrected chi connectivity index (χ0v) is 16.5. The predicted octanol–water partition coefficient (Wildman–Crippen LogP) is 2.40. The number of nitrogens with zero attached hydrogens (tertiary/aromatic N) is 1. The minimum atomic E-state index is -5.98. The van der Waals surface area contributed by atoms with Crippen LogP contribution in [0, 0.1) is 10.1 Å². The lowest BCUT2D eigenvalue weighted by Gasteiger charge is -2.20. The number of nitro benzene ring substituents is 1. The number of halogens is 5. The first-order valence-electron chi connectivity index (χ1n) is 8.75. The van der Waals surface area contributed by atoms with E-state index in [1.54, 1.807) is 0 Å². The van der Waals surface area contributed by atoms with Gasteiger partial charge in [-0.1, -0.05) is 0 Å². The van der Waals surface area contributed by atoms with Crippen LogP contribution >= 0.6 is 0 Å². The molecule has 10 nitrogen and oxygen atoms in total. The van der Waals surface area contributed by atoms with Gasteiger partial charge in [0.1, 0.15) is 0 Å². The van der Waals surface area contributed by atoms with Gasteiger partial charge in [-0.3, -0.25) is 14.9 Å². The van der Waals surface area contributed by atoms with E-state index in [2.05, 4.69) is 14.2 Å². The molecule has 0 spiro atoms. The summed E-state index contributed by atoms with van der Waals surface area (Å²) in [5, 5.41) is 13.0. The first-order valence-corrected chi connectivity index (χ1v) is 8.75. The zero-order valence-electron chi connectivity index (χ0n) is 16.5. The molecule has 1 aromatic carbocycles. The van der Waals surface area contributed by atoms with Gasteiger partial charge in [-0.2, -0.15) is 22.0 Å². The average Bonchev–Trinajstić information content (AvgIpc) is 2.69. The third-order valence-electron chi connectivity index (χ3n) is 3.56. The lowest BCUT2D eigenvalue weighted by atomic mass is 10.1. The molecule has 0 bridgehead atoms. The maximum atomic E-state index is 13.1. The first kappa shape index (κ1) is 26.5. The smallest absolute Gasteiger partial charge is 0.456 e. The van der Waals surface area contributed by atoms with Gasteiger partial charge in [0.15, 0.2) is 12.4 Å². The third-order valence-corrected chi connectivity index (χ3v) is 3.56. The molecule has 1 rings (SSSR count). The number of alkyl halides is 5. The molecule has 0 aliphatic heterocycles. The Morgan fingerprint density at radius 2 is 1.59 bits per heavy atom. The van der Waals surface area contributed by atoms with E-state index in [9.17, 15) is 46.5 Å². The van der Waals surface area contributed by atoms with Gasteiger partial charge in [0.2, 0.25) is 6.04 Å². The summed E-state index contributed by atoms with van der Waals surface area (Å²) in [4.78, 5) is 46.1. The molecule has 0 unspecified atom stereocenters. The van der Waals surface area contributed by atoms with E-state index in [1.165, 1.54) is 13.8 Å². The van der Waals surface area contributed by atoms with Crippen LogP contribution < -0.4 is 10.1 Å². The summed E-state index contributed by atoms with van der Waals surface area (Å²) in [6.07, 6.45) is -5.98. The first-order chi connectivity index (χ1) is 14.7. The highest BCUT2D eigenvalue weighted by Gasteiger charge is 2.58. The van der Waals surface area contributed by atoms with Crippen molar-refractivity contribution in [2.75, 3.05) is 19.8 Å². The van der Waals surface area contributed by atoms with Gasteiger partial charge in [-0.05, 0) is 19.9 Å². The van der Waals surface area contributed by atoms with E-state index in [1.807, 2.05) is 5.32 Å². The predicted molar refractivity (Wildman–Crippen MR) is 94.1 cm³/mol. The second kappa shape index (κ2) is 10.7. The second-order valence-electron chi connectivity index (χ2n) is 5.84. The summed E-state index contributed by atoms with van der Waals surface area (Å²) in [6, 6.07) is -0.0145. The molecule has 178 valence electrons. The molecular formula is C17H17F5N2O8. The molecule has 0 aromatic heterocycles. The molecule has 0 heterocycles. The highest BCUT2D eigenvalue weighted by Crippen LogP contribution is 2.37. The van der Waals surface area contributed by atoms with Crippen molar-refractivity contribution in [2.24, 2.45) is 0 Å². The number of nitro groups is 1. The Bertz CT molecular complexity index is 857. The number of amides is 1. The molecular weight excluding hydrogens is 456 g/mol. The molecule has 0 fully saturated rings. The molecule has 1 N–H and O–H groups in total. The maximum absolute atomic E-state index is 13.1. The molecule has 0 saturated carbocycles. The summed E-state index contributed by atoms with van der Waals surface area (Å²) in [7, 11) is 0. The lowest BCUT2D eigenvalue weighted by Crippen LogP contribution is -2.48. The van der Waals surface area contributed by atoms with Crippen molar-refractivity contribution in [3.05, 3.63) is 33.9 Å². The largest absolute Gasteiger partial charge is 0.480 e. The van der Waals surface area contributed by atoms with E-state index in [-0.39, 0.29) is 13.2 Å². The molecule has 1 aromatic rings. The number of hydrogen-bond donors (Lipinski definition) is 1. The van der Waals surface area contributed by atoms with Crippen molar-refractivity contribution in [3.63, 3.8) is 0 Å². The van der Waals surface area contributed by atoms with Gasteiger partial charge in [0.05, 0.1) is 18.1 Å². The molecule has 15 heteroatoms. The van der Waals surface area contributed by atoms with Crippen molar-refractivity contribution in [1.29, 1.82) is 0 Å². The van der Waals surface area contributed by atoms with Crippen LogP contribution in [0.3, 0.4) is 0 Å². The van der Waals surface area contributed by atoms with Gasteiger partial charge in [0, 0.05) is 17.7 Å². The number of esters is 2. The maximum Gasteiger partial charge on any atom is 0.456 e. The minimum Gasteiger partial charge on any atom is -0.480 e. The monoisotopic (exact) mass is 473 g/mol. The standard InChI is InChI=1S/C17H17F5N2O8/c1-3-30-14(26)12(15(27)31-4-2)23-13(25)9-5-6-10(24(28)29)11(7-9)32-8-16(18,19)17(20,21)22/h5-7,12H,3-4,8H2,1-2H3,(H,23,25)/i12+1. The second-order valence-corrected chi connectivity index (χ2v) is 5.84. The number of ether oxygens (including phenoxy) is 3. The highest BCUT2D eigenvalue weighted by atomic mass is 19.4. The fourth-order valence-corrected chi connectivity index (χ4v) is 2.05. The summed E-state index contributed by atoms with van der Waals surface area (Å²) >= 11 is 0. The average molecular weight is 473 g/mol. The topological polar surface area (TPSA) is 134 Å². The van der Waals surface area contributed by atoms with Crippen LogP contribution in [-0.4, -0.2) is 60.7 Å². The van der Waals surface area contributed by atoms with Gasteiger partial charge in [-0.25, -0.2) is 9.59 Å². The summed E-state index contributed by atoms with van der Waals surface area (Å²) in [5.74, 6) is -10.0. The molecule has 0 aliphatic carbocycles. The Labute approximate surface area is 176 Å². The molecule has 0 saturated heterocycles. The normalized spacial score (nSPS) is 11.6. The Hall–Kier alpha value is -3.52. The van der Waals surface area contributed by atoms with Crippen molar-refractivity contribution >= 4 is 23.5 Å². The van der Waals surface area contributed by atoms with Gasteiger partial charge < -0.3 is 19.5 Å². The number of carbonyl (C=O) groups is 3. The van der Waals surface area contributed by atoms with Crippen molar-refractivity contribution < 1.29 is 55.5 Å². The van der Waals surface area contributed by atoms with E-state index in [0.717, 1.165) is 6.07 Å². The number of rotatable bonds is 10. The fraction of sp³-hybridized carbons (Fsp3) is 0.471. The number of carbonyl (C=O) groups excluding carboxylic acids is 3. The molecule has 0 aliphatic rings. The number of benzene rings is 1. The van der Waals surface area contributed by atoms with Crippen molar-refractivity contribution in [2.45, 2.75) is 32.0 Å². The molecule has 1 amide bonds. The van der Waals surface area contributed by atoms with Gasteiger partial charge in [-0.15, -0.1) is 0 Å². The summed E-state index contributed by atoms with van der Waals surface area (Å²) in [6.45, 7) is 0.217. The van der Waals surface area contributed by atoms with Crippen LogP contribution in [0.1, 0.15) is 24.2 Å². The van der Waals surface area contributed by atoms with Crippen LogP contribution in [0.15, 0.2) is 18.2 Å². The Morgan fingerprint density at radius 3 is 2.03 bits per heavy atom. The van der Waals surface area contributed by atoms with Crippen molar-refractivity contribution in [1.82, 2.24) is 5.32 Å². The van der Waals surface area contributed by atoms with Crippen LogP contribution in [0.4, 0.5) is 27.6 Å². The van der Waals surface area contributed by atoms with E-state index < -0.39 is 64.5 Å². The lowest BCUT2D eigenvalue weighted by molar-refractivity contribution is -0.386. The highest BCUT2D eigenvalue weighted by molar-refractivity contribution is 6.05. The number of nitrogens with one attached hydrogen (secondary N) is 1. The number of hydrogen-bond acceptors (Lipinski definition) is 8. The van der Waals surface area contributed by atoms with Crippen LogP contribution in [0.25, 0.3) is 0 Å². The summed E-state index contributed by atoms with van der Waals surface area (Å²) in [5.41, 5.74) is -1.56. The van der Waals surface area contributed by atoms with Crippen LogP contribution in [-0.2, 0) is 19.1 Å².